The van der Waals surface area contributed by atoms with Gasteiger partial charge < -0.3 is 0 Å². The van der Waals surface area contributed by atoms with Crippen LogP contribution in [0.2, 0.25) is 5.02 Å². The Balaban J connectivity index is 3.00. The Morgan fingerprint density at radius 1 is 1.50 bits per heavy atom. The van der Waals surface area contributed by atoms with E-state index in [0.29, 0.717) is 17.9 Å². The van der Waals surface area contributed by atoms with Crippen molar-refractivity contribution in [2.24, 2.45) is 5.92 Å². The van der Waals surface area contributed by atoms with Gasteiger partial charge in [0.1, 0.15) is 5.82 Å². The second-order valence-corrected chi connectivity index (χ2v) is 6.29. The van der Waals surface area contributed by atoms with Gasteiger partial charge in [-0.3, -0.25) is 10.1 Å². The normalized spacial score (nSPS) is 12.8. The number of halogens is 3. The topological polar surface area (TPSA) is 43.1 Å². The lowest BCUT2D eigenvalue weighted by Crippen LogP contribution is -2.08. The predicted octanol–water partition coefficient (Wildman–Crippen LogP) is 4.74. The summed E-state index contributed by atoms with van der Waals surface area (Å²) in [7, 11) is 0. The minimum Gasteiger partial charge on any atom is -0.258 e. The van der Waals surface area contributed by atoms with Gasteiger partial charge in [0.2, 0.25) is 0 Å². The average Bonchev–Trinajstić information content (AvgIpc) is 2.21. The summed E-state index contributed by atoms with van der Waals surface area (Å²) in [6.07, 6.45) is 1.27. The fraction of sp³-hybridized carbons (Fsp3) is 0.500. The van der Waals surface area contributed by atoms with Crippen molar-refractivity contribution < 1.29 is 9.31 Å². The first-order chi connectivity index (χ1) is 8.31. The zero-order valence-electron chi connectivity index (χ0n) is 10.1. The van der Waals surface area contributed by atoms with E-state index in [0.717, 1.165) is 18.6 Å². The number of alkyl halides is 1. The molecule has 1 atom stereocenters. The van der Waals surface area contributed by atoms with Gasteiger partial charge in [-0.25, -0.2) is 4.39 Å². The third kappa shape index (κ3) is 4.21. The van der Waals surface area contributed by atoms with E-state index in [1.54, 1.807) is 0 Å². The molecule has 3 nitrogen and oxygen atoms in total. The molecule has 0 N–H and O–H groups in total. The SMILES string of the molecule is CC(C)CC(Br)Cc1cc(F)c(Cl)cc1[N+](=O)[O-]. The number of nitro benzene ring substituents is 1. The van der Waals surface area contributed by atoms with E-state index in [1.165, 1.54) is 0 Å². The molecule has 0 saturated carbocycles. The van der Waals surface area contributed by atoms with Crippen molar-refractivity contribution in [3.63, 3.8) is 0 Å². The van der Waals surface area contributed by atoms with Crippen molar-refractivity contribution in [3.05, 3.63) is 38.7 Å². The Labute approximate surface area is 119 Å². The highest BCUT2D eigenvalue weighted by Crippen LogP contribution is 2.29. The van der Waals surface area contributed by atoms with Crippen LogP contribution in [0.5, 0.6) is 0 Å². The molecule has 1 aromatic carbocycles. The quantitative estimate of drug-likeness (QED) is 0.442. The molecule has 1 rings (SSSR count). The van der Waals surface area contributed by atoms with Crippen LogP contribution in [-0.2, 0) is 6.42 Å². The molecule has 1 unspecified atom stereocenters. The molecule has 0 spiro atoms. The third-order valence-corrected chi connectivity index (χ3v) is 3.47. The number of benzene rings is 1. The molecular weight excluding hydrogens is 324 g/mol. The van der Waals surface area contributed by atoms with Crippen LogP contribution in [0, 0.1) is 21.8 Å². The van der Waals surface area contributed by atoms with E-state index in [4.69, 9.17) is 11.6 Å². The van der Waals surface area contributed by atoms with Crippen molar-refractivity contribution in [1.82, 2.24) is 0 Å². The van der Waals surface area contributed by atoms with Gasteiger partial charge in [0.25, 0.3) is 5.69 Å². The van der Waals surface area contributed by atoms with E-state index >= 15 is 0 Å². The van der Waals surface area contributed by atoms with E-state index in [-0.39, 0.29) is 15.5 Å². The summed E-state index contributed by atoms with van der Waals surface area (Å²) in [5.74, 6) is -0.160. The number of hydrogen-bond acceptors (Lipinski definition) is 2. The van der Waals surface area contributed by atoms with Gasteiger partial charge in [-0.1, -0.05) is 41.4 Å². The highest BCUT2D eigenvalue weighted by atomic mass is 79.9. The van der Waals surface area contributed by atoms with Gasteiger partial charge >= 0.3 is 0 Å². The number of hydrogen-bond donors (Lipinski definition) is 0. The zero-order valence-corrected chi connectivity index (χ0v) is 12.5. The molecule has 0 fully saturated rings. The van der Waals surface area contributed by atoms with E-state index < -0.39 is 10.7 Å². The summed E-state index contributed by atoms with van der Waals surface area (Å²) < 4.78 is 13.4. The Morgan fingerprint density at radius 3 is 2.61 bits per heavy atom. The lowest BCUT2D eigenvalue weighted by Gasteiger charge is -2.12. The lowest BCUT2D eigenvalue weighted by atomic mass is 10.0. The van der Waals surface area contributed by atoms with Crippen LogP contribution in [0.4, 0.5) is 10.1 Å². The summed E-state index contributed by atoms with van der Waals surface area (Å²) in [4.78, 5) is 10.4. The maximum absolute atomic E-state index is 13.4. The monoisotopic (exact) mass is 337 g/mol. The second-order valence-electron chi connectivity index (χ2n) is 4.58. The fourth-order valence-electron chi connectivity index (χ4n) is 1.74. The number of rotatable bonds is 5. The van der Waals surface area contributed by atoms with Crippen molar-refractivity contribution in [2.45, 2.75) is 31.5 Å². The second kappa shape index (κ2) is 6.48. The molecule has 0 bridgehead atoms. The largest absolute Gasteiger partial charge is 0.274 e. The van der Waals surface area contributed by atoms with Crippen molar-refractivity contribution in [3.8, 4) is 0 Å². The van der Waals surface area contributed by atoms with Crippen LogP contribution in [0.3, 0.4) is 0 Å². The molecule has 100 valence electrons. The van der Waals surface area contributed by atoms with Gasteiger partial charge in [0.15, 0.2) is 0 Å². The summed E-state index contributed by atoms with van der Waals surface area (Å²) in [6, 6.07) is 2.22. The van der Waals surface area contributed by atoms with E-state index in [2.05, 4.69) is 29.8 Å². The third-order valence-electron chi connectivity index (χ3n) is 2.49. The Hall–Kier alpha value is -0.680. The van der Waals surface area contributed by atoms with Crippen LogP contribution in [0.25, 0.3) is 0 Å². The first-order valence-corrected chi connectivity index (χ1v) is 6.87. The molecule has 0 aliphatic rings. The summed E-state index contributed by atoms with van der Waals surface area (Å²) >= 11 is 9.02. The first kappa shape index (κ1) is 15.4. The van der Waals surface area contributed by atoms with Crippen molar-refractivity contribution in [1.29, 1.82) is 0 Å². The number of nitro groups is 1. The Morgan fingerprint density at radius 2 is 2.11 bits per heavy atom. The molecule has 0 aliphatic carbocycles. The molecule has 0 heterocycles. The van der Waals surface area contributed by atoms with Crippen LogP contribution >= 0.6 is 27.5 Å². The summed E-state index contributed by atoms with van der Waals surface area (Å²) in [5, 5.41) is 10.7. The highest BCUT2D eigenvalue weighted by Gasteiger charge is 2.20. The first-order valence-electron chi connectivity index (χ1n) is 5.57. The Bertz CT molecular complexity index is 454. The molecule has 6 heteroatoms. The van der Waals surface area contributed by atoms with Gasteiger partial charge in [-0.15, -0.1) is 0 Å². The molecular formula is C12H14BrClFNO2. The van der Waals surface area contributed by atoms with Gasteiger partial charge in [-0.2, -0.15) is 0 Å². The average molecular weight is 339 g/mol. The zero-order chi connectivity index (χ0) is 13.9. The lowest BCUT2D eigenvalue weighted by molar-refractivity contribution is -0.385. The van der Waals surface area contributed by atoms with Crippen molar-refractivity contribution in [2.75, 3.05) is 0 Å². The van der Waals surface area contributed by atoms with Crippen LogP contribution in [-0.4, -0.2) is 9.75 Å². The molecule has 0 saturated heterocycles. The summed E-state index contributed by atoms with van der Waals surface area (Å²) in [5.41, 5.74) is 0.235. The van der Waals surface area contributed by atoms with E-state index in [1.807, 2.05) is 0 Å². The van der Waals surface area contributed by atoms with Crippen LogP contribution < -0.4 is 0 Å². The molecule has 18 heavy (non-hydrogen) atoms. The maximum atomic E-state index is 13.4. The Kier molecular flexibility index (Phi) is 5.53. The van der Waals surface area contributed by atoms with Crippen LogP contribution in [0.1, 0.15) is 25.8 Å². The van der Waals surface area contributed by atoms with Gasteiger partial charge in [0.05, 0.1) is 9.95 Å². The van der Waals surface area contributed by atoms with Gasteiger partial charge in [0, 0.05) is 16.5 Å². The predicted molar refractivity (Wildman–Crippen MR) is 73.9 cm³/mol. The molecule has 1 aromatic rings. The van der Waals surface area contributed by atoms with Crippen LogP contribution in [0.15, 0.2) is 12.1 Å². The van der Waals surface area contributed by atoms with Crippen molar-refractivity contribution >= 4 is 33.2 Å². The molecule has 0 aliphatic heterocycles. The number of nitrogens with zero attached hydrogens (tertiary/aromatic N) is 1. The summed E-state index contributed by atoms with van der Waals surface area (Å²) in [6.45, 7) is 4.12. The maximum Gasteiger partial charge on any atom is 0.274 e. The van der Waals surface area contributed by atoms with E-state index in [9.17, 15) is 14.5 Å². The smallest absolute Gasteiger partial charge is 0.258 e. The standard InChI is InChI=1S/C12H14BrClFNO2/c1-7(2)3-9(13)4-8-5-11(15)10(14)6-12(8)16(17)18/h5-7,9H,3-4H2,1-2H3. The minimum absolute atomic E-state index is 0.0803. The fourth-order valence-corrected chi connectivity index (χ4v) is 3.00. The highest BCUT2D eigenvalue weighted by molar-refractivity contribution is 9.09. The van der Waals surface area contributed by atoms with Gasteiger partial charge in [-0.05, 0) is 24.8 Å². The minimum atomic E-state index is -0.624. The molecule has 0 aromatic heterocycles. The molecule has 0 amide bonds. The molecule has 0 radical (unpaired) electrons.